The zero-order valence-corrected chi connectivity index (χ0v) is 33.8. The fraction of sp³-hybridized carbons (Fsp3) is 0.125. The molecule has 0 amide bonds. The molecule has 1 aromatic heterocycles. The predicted molar refractivity (Wildman–Crippen MR) is 251 cm³/mol. The van der Waals surface area contributed by atoms with Gasteiger partial charge in [0.2, 0.25) is 0 Å². The fourth-order valence-corrected chi connectivity index (χ4v) is 9.12. The number of rotatable bonds is 7. The zero-order valence-electron chi connectivity index (χ0n) is 33.8. The average molecular weight is 749 g/mol. The van der Waals surface area contributed by atoms with Gasteiger partial charge < -0.3 is 5.73 Å². The Labute approximate surface area is 342 Å². The highest BCUT2D eigenvalue weighted by molar-refractivity contribution is 6.17. The molecule has 2 N–H and O–H groups in total. The molecule has 1 unspecified atom stereocenters. The third kappa shape index (κ3) is 6.17. The lowest BCUT2D eigenvalue weighted by atomic mass is 9.67. The Balaban J connectivity index is 1.36. The van der Waals surface area contributed by atoms with Crippen LogP contribution in [0.1, 0.15) is 56.6 Å². The van der Waals surface area contributed by atoms with Gasteiger partial charge in [-0.25, -0.2) is 0 Å². The maximum absolute atomic E-state index is 6.55. The first-order valence-corrected chi connectivity index (χ1v) is 20.3. The number of allylic oxidation sites excluding steroid dienone is 12. The van der Waals surface area contributed by atoms with E-state index in [0.717, 1.165) is 29.1 Å². The van der Waals surface area contributed by atoms with Gasteiger partial charge in [-0.1, -0.05) is 179 Å². The van der Waals surface area contributed by atoms with Crippen molar-refractivity contribution in [2.75, 3.05) is 0 Å². The largest absolute Gasteiger partial charge is 0.398 e. The van der Waals surface area contributed by atoms with Gasteiger partial charge in [0.15, 0.2) is 0 Å². The van der Waals surface area contributed by atoms with Crippen molar-refractivity contribution in [3.8, 4) is 11.1 Å². The summed E-state index contributed by atoms with van der Waals surface area (Å²) in [5, 5.41) is 9.97. The molecule has 282 valence electrons. The summed E-state index contributed by atoms with van der Waals surface area (Å²) in [5.41, 5.74) is 16.9. The molecule has 2 nitrogen and oxygen atoms in total. The molecule has 0 spiro atoms. The van der Waals surface area contributed by atoms with Gasteiger partial charge >= 0.3 is 0 Å². The first-order chi connectivity index (χ1) is 28.2. The summed E-state index contributed by atoms with van der Waals surface area (Å²) in [6.07, 6.45) is 24.1. The van der Waals surface area contributed by atoms with Crippen LogP contribution in [0, 0.1) is 0 Å². The van der Waals surface area contributed by atoms with Crippen molar-refractivity contribution in [3.05, 3.63) is 222 Å². The highest BCUT2D eigenvalue weighted by Crippen LogP contribution is 2.52. The number of fused-ring (bicyclic) bond motifs is 7. The molecule has 0 fully saturated rings. The molecule has 6 aromatic carbocycles. The van der Waals surface area contributed by atoms with Gasteiger partial charge in [-0.05, 0) is 120 Å². The Hall–Kier alpha value is -6.77. The second-order valence-electron chi connectivity index (χ2n) is 16.3. The van der Waals surface area contributed by atoms with Gasteiger partial charge in [0.25, 0.3) is 0 Å². The molecular formula is C56H48N2. The van der Waals surface area contributed by atoms with Crippen molar-refractivity contribution < 1.29 is 0 Å². The lowest BCUT2D eigenvalue weighted by molar-refractivity contribution is 0.552. The molecule has 0 aliphatic heterocycles. The highest BCUT2D eigenvalue weighted by atomic mass is 14.8. The Kier molecular flexibility index (Phi) is 9.29. The van der Waals surface area contributed by atoms with E-state index in [0.29, 0.717) is 0 Å². The van der Waals surface area contributed by atoms with Gasteiger partial charge in [0.1, 0.15) is 0 Å². The van der Waals surface area contributed by atoms with Crippen LogP contribution in [-0.4, -0.2) is 4.98 Å². The summed E-state index contributed by atoms with van der Waals surface area (Å²) >= 11 is 0. The van der Waals surface area contributed by atoms with Crippen LogP contribution in [0.3, 0.4) is 0 Å². The smallest absolute Gasteiger partial charge is 0.0586 e. The minimum Gasteiger partial charge on any atom is -0.398 e. The molecule has 7 aromatic rings. The average Bonchev–Trinajstić information content (AvgIpc) is 3.25. The Morgan fingerprint density at radius 1 is 0.690 bits per heavy atom. The van der Waals surface area contributed by atoms with Crippen LogP contribution in [0.25, 0.3) is 65.9 Å². The lowest BCUT2D eigenvalue weighted by Gasteiger charge is -2.38. The Morgan fingerprint density at radius 2 is 1.28 bits per heavy atom. The quantitative estimate of drug-likeness (QED) is 0.130. The van der Waals surface area contributed by atoms with Crippen LogP contribution in [0.2, 0.25) is 0 Å². The number of hydrogen-bond donors (Lipinski definition) is 1. The normalized spacial score (nSPS) is 18.8. The molecule has 0 saturated carbocycles. The van der Waals surface area contributed by atoms with Crippen molar-refractivity contribution in [1.29, 1.82) is 0 Å². The lowest BCUT2D eigenvalue weighted by Crippen LogP contribution is -2.31. The van der Waals surface area contributed by atoms with E-state index < -0.39 is 5.41 Å². The first kappa shape index (κ1) is 36.8. The standard InChI is InChI=1S/C56H48N2/c1-6-8-10-28-52(57)37-29-31-56(5,32-30-37)53-36-48(46-33-38-19-11-13-21-40(38)42-23-15-17-25-44(42)46)50-35-49(51(27-9-7-2)55(3,4)54(50)58-53)47-34-39-20-12-14-22-41(39)43-24-16-18-26-45(43)47/h6-31,33-36H,1,32,57H2,2-5H3/b9-7-,10-8-,51-27-,52-28-. The number of hydrogen-bond acceptors (Lipinski definition) is 2. The summed E-state index contributed by atoms with van der Waals surface area (Å²) in [6, 6.07) is 42.4. The van der Waals surface area contributed by atoms with Crippen LogP contribution >= 0.6 is 0 Å². The van der Waals surface area contributed by atoms with Crippen molar-refractivity contribution >= 4 is 54.7 Å². The van der Waals surface area contributed by atoms with Gasteiger partial charge in [-0.3, -0.25) is 4.98 Å². The molecule has 58 heavy (non-hydrogen) atoms. The molecule has 1 atom stereocenters. The highest BCUT2D eigenvalue weighted by Gasteiger charge is 2.39. The van der Waals surface area contributed by atoms with E-state index in [1.807, 2.05) is 18.2 Å². The van der Waals surface area contributed by atoms with Crippen LogP contribution in [0.4, 0.5) is 0 Å². The number of nitrogens with two attached hydrogens (primary N) is 1. The van der Waals surface area contributed by atoms with Crippen molar-refractivity contribution in [2.24, 2.45) is 5.73 Å². The van der Waals surface area contributed by atoms with Gasteiger partial charge in [0.05, 0.1) is 11.4 Å². The zero-order chi connectivity index (χ0) is 40.0. The van der Waals surface area contributed by atoms with Crippen LogP contribution < -0.4 is 5.73 Å². The third-order valence-corrected chi connectivity index (χ3v) is 12.3. The second-order valence-corrected chi connectivity index (χ2v) is 16.3. The molecule has 2 aliphatic carbocycles. The molecule has 2 aliphatic rings. The summed E-state index contributed by atoms with van der Waals surface area (Å²) in [7, 11) is 0. The second kappa shape index (κ2) is 14.6. The Morgan fingerprint density at radius 3 is 1.88 bits per heavy atom. The van der Waals surface area contributed by atoms with Crippen molar-refractivity contribution in [1.82, 2.24) is 4.98 Å². The Bertz CT molecular complexity index is 3050. The summed E-state index contributed by atoms with van der Waals surface area (Å²) in [6.45, 7) is 12.9. The van der Waals surface area contributed by atoms with Gasteiger partial charge in [0, 0.05) is 22.1 Å². The predicted octanol–water partition coefficient (Wildman–Crippen LogP) is 14.4. The summed E-state index contributed by atoms with van der Waals surface area (Å²) in [5.74, 6) is 0. The van der Waals surface area contributed by atoms with Crippen molar-refractivity contribution in [3.63, 3.8) is 0 Å². The number of benzene rings is 6. The minimum atomic E-state index is -0.455. The van der Waals surface area contributed by atoms with E-state index in [9.17, 15) is 0 Å². The molecule has 0 bridgehead atoms. The summed E-state index contributed by atoms with van der Waals surface area (Å²) in [4.78, 5) is 5.76. The van der Waals surface area contributed by atoms with Crippen molar-refractivity contribution in [2.45, 2.75) is 44.9 Å². The third-order valence-electron chi connectivity index (χ3n) is 12.3. The van der Waals surface area contributed by atoms with Crippen LogP contribution in [0.15, 0.2) is 199 Å². The SMILES string of the molecule is C=C/C=C\C=C(/N)C1=CCC(C)(c2cc(-c3cc4ccccc4c4ccccc34)c3c(n2)C(C)(C)/C(=C\C=C/C)C(c2cc4ccccc4c4ccccc24)=C3)C=C1. The van der Waals surface area contributed by atoms with E-state index in [4.69, 9.17) is 10.7 Å². The number of aromatic nitrogens is 1. The maximum atomic E-state index is 6.55. The molecule has 9 rings (SSSR count). The van der Waals surface area contributed by atoms with E-state index in [1.165, 1.54) is 76.5 Å². The minimum absolute atomic E-state index is 0.362. The van der Waals surface area contributed by atoms with Gasteiger partial charge in [-0.15, -0.1) is 0 Å². The van der Waals surface area contributed by atoms with E-state index >= 15 is 0 Å². The number of nitrogens with zero attached hydrogens (tertiary/aromatic N) is 1. The molecule has 0 radical (unpaired) electrons. The molecule has 0 saturated heterocycles. The summed E-state index contributed by atoms with van der Waals surface area (Å²) < 4.78 is 0. The van der Waals surface area contributed by atoms with E-state index in [2.05, 4.69) is 192 Å². The molecular weight excluding hydrogens is 701 g/mol. The fourth-order valence-electron chi connectivity index (χ4n) is 9.12. The topological polar surface area (TPSA) is 38.9 Å². The first-order valence-electron chi connectivity index (χ1n) is 20.3. The molecule has 2 heteroatoms. The number of pyridine rings is 1. The van der Waals surface area contributed by atoms with E-state index in [1.54, 1.807) is 6.08 Å². The van der Waals surface area contributed by atoms with Crippen LogP contribution in [-0.2, 0) is 10.8 Å². The monoisotopic (exact) mass is 748 g/mol. The molecule has 1 heterocycles. The van der Waals surface area contributed by atoms with E-state index in [-0.39, 0.29) is 5.41 Å². The van der Waals surface area contributed by atoms with Gasteiger partial charge in [-0.2, -0.15) is 0 Å². The maximum Gasteiger partial charge on any atom is 0.0586 e. The van der Waals surface area contributed by atoms with Crippen LogP contribution in [0.5, 0.6) is 0 Å².